The summed E-state index contributed by atoms with van der Waals surface area (Å²) in [6.07, 6.45) is 8.08. The van der Waals surface area contributed by atoms with Crippen molar-refractivity contribution in [3.63, 3.8) is 0 Å². The minimum atomic E-state index is -0.870. The zero-order valence-corrected chi connectivity index (χ0v) is 20.6. The molecule has 0 atom stereocenters. The first-order chi connectivity index (χ1) is 17.9. The van der Waals surface area contributed by atoms with Gasteiger partial charge in [-0.1, -0.05) is 0 Å². The molecule has 0 aliphatic heterocycles. The van der Waals surface area contributed by atoms with E-state index in [9.17, 15) is 28.8 Å². The quantitative estimate of drug-likeness (QED) is 0.212. The summed E-state index contributed by atoms with van der Waals surface area (Å²) in [4.78, 5) is 67.8. The van der Waals surface area contributed by atoms with E-state index < -0.39 is 35.7 Å². The summed E-state index contributed by atoms with van der Waals surface area (Å²) in [5, 5.41) is 32.5. The molecule has 2 aromatic heterocycles. The molecule has 2 amide bonds. The molecule has 0 spiro atoms. The molecular weight excluding hydrogens is 504 g/mol. The molecule has 0 fully saturated rings. The Labute approximate surface area is 218 Å². The first-order valence-electron chi connectivity index (χ1n) is 11.1. The van der Waals surface area contributed by atoms with E-state index >= 15 is 0 Å². The van der Waals surface area contributed by atoms with Crippen LogP contribution in [0.15, 0.2) is 49.1 Å². The maximum atomic E-state index is 10.4. The Morgan fingerprint density at radius 2 is 0.816 bits per heavy atom. The Morgan fingerprint density at radius 1 is 0.553 bits per heavy atom. The van der Waals surface area contributed by atoms with Gasteiger partial charge in [0.05, 0.1) is 11.1 Å². The van der Waals surface area contributed by atoms with Crippen molar-refractivity contribution < 1.29 is 49.2 Å². The van der Waals surface area contributed by atoms with Gasteiger partial charge in [0.2, 0.25) is 11.8 Å². The molecule has 0 saturated heterocycles. The monoisotopic (exact) mass is 536 g/mol. The van der Waals surface area contributed by atoms with Crippen LogP contribution in [0.2, 0.25) is 0 Å². The maximum Gasteiger partial charge on any atom is 0.303 e. The summed E-state index contributed by atoms with van der Waals surface area (Å²) in [7, 11) is 0. The van der Waals surface area contributed by atoms with Crippen molar-refractivity contribution >= 4 is 35.7 Å². The number of carbonyl (C=O) groups excluding carboxylic acids is 2. The molecular formula is C24H32N4O10. The largest absolute Gasteiger partial charge is 0.481 e. The van der Waals surface area contributed by atoms with Crippen LogP contribution in [0.5, 0.6) is 0 Å². The van der Waals surface area contributed by atoms with Crippen molar-refractivity contribution in [2.45, 2.75) is 51.4 Å². The Kier molecular flexibility index (Phi) is 21.0. The topological polar surface area (TPSA) is 261 Å². The van der Waals surface area contributed by atoms with E-state index in [1.807, 2.05) is 0 Å². The summed E-state index contributed by atoms with van der Waals surface area (Å²) in [6, 6.07) is 6.57. The van der Waals surface area contributed by atoms with E-state index in [4.69, 9.17) is 31.9 Å². The highest BCUT2D eigenvalue weighted by Crippen LogP contribution is 1.99. The Balaban J connectivity index is 0. The predicted octanol–water partition coefficient (Wildman–Crippen LogP) is 1.79. The smallest absolute Gasteiger partial charge is 0.303 e. The van der Waals surface area contributed by atoms with Crippen LogP contribution in [0.4, 0.5) is 0 Å². The molecule has 2 rings (SSSR count). The van der Waals surface area contributed by atoms with E-state index in [1.54, 1.807) is 36.7 Å². The molecule has 0 aliphatic carbocycles. The molecule has 8 N–H and O–H groups in total. The predicted molar refractivity (Wildman–Crippen MR) is 133 cm³/mol. The summed E-state index contributed by atoms with van der Waals surface area (Å²) < 4.78 is 0. The van der Waals surface area contributed by atoms with Crippen molar-refractivity contribution in [3.8, 4) is 0 Å². The molecule has 0 saturated carbocycles. The molecule has 0 aromatic carbocycles. The van der Waals surface area contributed by atoms with Gasteiger partial charge in [0.15, 0.2) is 0 Å². The lowest BCUT2D eigenvalue weighted by Crippen LogP contribution is -2.10. The standard InChI is InChI=1S/2C6H6N2O.2C6H10O4/c2*7-6(9)5-2-1-3-8-4-5;2*7-5(8)3-1-2-4-6(9)10/h2*1-4H,(H2,7,9);2*1-4H2,(H,7,8)(H,9,10). The average Bonchev–Trinajstić information content (AvgIpc) is 2.86. The number of unbranched alkanes of at least 4 members (excludes halogenated alkanes) is 2. The van der Waals surface area contributed by atoms with Crippen LogP contribution in [0.3, 0.4) is 0 Å². The highest BCUT2D eigenvalue weighted by Gasteiger charge is 2.00. The Bertz CT molecular complexity index is 888. The molecule has 0 unspecified atom stereocenters. The van der Waals surface area contributed by atoms with Gasteiger partial charge in [0.1, 0.15) is 0 Å². The van der Waals surface area contributed by atoms with Gasteiger partial charge in [0.25, 0.3) is 0 Å². The van der Waals surface area contributed by atoms with Crippen LogP contribution in [0, 0.1) is 0 Å². The number of aromatic nitrogens is 2. The number of hydrogen-bond donors (Lipinski definition) is 6. The van der Waals surface area contributed by atoms with Crippen LogP contribution in [-0.2, 0) is 19.2 Å². The number of nitrogens with zero attached hydrogens (tertiary/aromatic N) is 2. The molecule has 14 heteroatoms. The summed E-state index contributed by atoms with van der Waals surface area (Å²) in [6.45, 7) is 0. The Morgan fingerprint density at radius 3 is 0.947 bits per heavy atom. The van der Waals surface area contributed by atoms with Crippen LogP contribution in [0.1, 0.15) is 72.1 Å². The van der Waals surface area contributed by atoms with Crippen LogP contribution in [-0.4, -0.2) is 66.1 Å². The van der Waals surface area contributed by atoms with Gasteiger partial charge < -0.3 is 31.9 Å². The Hall–Kier alpha value is -4.88. The number of rotatable bonds is 12. The van der Waals surface area contributed by atoms with Crippen molar-refractivity contribution in [2.24, 2.45) is 11.5 Å². The fourth-order valence-corrected chi connectivity index (χ4v) is 2.12. The number of nitrogens with two attached hydrogens (primary N) is 2. The zero-order chi connectivity index (χ0) is 29.3. The van der Waals surface area contributed by atoms with Crippen LogP contribution in [0.25, 0.3) is 0 Å². The second-order valence-corrected chi connectivity index (χ2v) is 7.20. The lowest BCUT2D eigenvalue weighted by molar-refractivity contribution is -0.139. The minimum absolute atomic E-state index is 0.0628. The summed E-state index contributed by atoms with van der Waals surface area (Å²) in [5.41, 5.74) is 10.8. The summed E-state index contributed by atoms with van der Waals surface area (Å²) in [5.74, 6) is -4.36. The van der Waals surface area contributed by atoms with Gasteiger partial charge in [-0.3, -0.25) is 38.7 Å². The molecule has 38 heavy (non-hydrogen) atoms. The first-order valence-corrected chi connectivity index (χ1v) is 11.1. The number of aliphatic carboxylic acids is 4. The normalized spacial score (nSPS) is 9.05. The number of primary amides is 2. The highest BCUT2D eigenvalue weighted by atomic mass is 16.4. The SMILES string of the molecule is NC(=O)c1cccnc1.NC(=O)c1cccnc1.O=C(O)CCCCC(=O)O.O=C(O)CCCCC(=O)O. The maximum absolute atomic E-state index is 10.4. The number of pyridine rings is 2. The highest BCUT2D eigenvalue weighted by molar-refractivity contribution is 5.92. The number of carboxylic acids is 4. The second-order valence-electron chi connectivity index (χ2n) is 7.20. The third-order valence-corrected chi connectivity index (χ3v) is 3.95. The fourth-order valence-electron chi connectivity index (χ4n) is 2.12. The van der Waals surface area contributed by atoms with Crippen LogP contribution < -0.4 is 11.5 Å². The third kappa shape index (κ3) is 25.7. The minimum Gasteiger partial charge on any atom is -0.481 e. The number of hydrogen-bond acceptors (Lipinski definition) is 8. The molecule has 0 radical (unpaired) electrons. The van der Waals surface area contributed by atoms with E-state index in [1.165, 1.54) is 12.4 Å². The number of amides is 2. The summed E-state index contributed by atoms with van der Waals surface area (Å²) >= 11 is 0. The van der Waals surface area contributed by atoms with Crippen LogP contribution >= 0.6 is 0 Å². The van der Waals surface area contributed by atoms with Gasteiger partial charge in [-0.15, -0.1) is 0 Å². The van der Waals surface area contributed by atoms with Crippen molar-refractivity contribution in [3.05, 3.63) is 60.2 Å². The molecule has 0 bridgehead atoms. The van der Waals surface area contributed by atoms with E-state index in [2.05, 4.69) is 9.97 Å². The van der Waals surface area contributed by atoms with E-state index in [-0.39, 0.29) is 25.7 Å². The van der Waals surface area contributed by atoms with Gasteiger partial charge in [-0.25, -0.2) is 0 Å². The molecule has 2 aromatic rings. The molecule has 208 valence electrons. The van der Waals surface area contributed by atoms with Crippen molar-refractivity contribution in [1.29, 1.82) is 0 Å². The lowest BCUT2D eigenvalue weighted by atomic mass is 10.2. The first kappa shape index (κ1) is 35.3. The van der Waals surface area contributed by atoms with E-state index in [0.29, 0.717) is 36.8 Å². The molecule has 2 heterocycles. The molecule has 14 nitrogen and oxygen atoms in total. The molecule has 0 aliphatic rings. The van der Waals surface area contributed by atoms with Gasteiger partial charge >= 0.3 is 23.9 Å². The third-order valence-electron chi connectivity index (χ3n) is 3.95. The van der Waals surface area contributed by atoms with Gasteiger partial charge in [-0.05, 0) is 49.9 Å². The average molecular weight is 537 g/mol. The zero-order valence-electron chi connectivity index (χ0n) is 20.6. The van der Waals surface area contributed by atoms with Crippen molar-refractivity contribution in [2.75, 3.05) is 0 Å². The number of carboxylic acid groups (broad SMARTS) is 4. The van der Waals surface area contributed by atoms with E-state index in [0.717, 1.165) is 0 Å². The van der Waals surface area contributed by atoms with Gasteiger partial charge in [-0.2, -0.15) is 0 Å². The van der Waals surface area contributed by atoms with Crippen molar-refractivity contribution in [1.82, 2.24) is 9.97 Å². The van der Waals surface area contributed by atoms with Gasteiger partial charge in [0, 0.05) is 50.5 Å². The second kappa shape index (κ2) is 22.6. The lowest BCUT2D eigenvalue weighted by Gasteiger charge is -1.92. The fraction of sp³-hybridized carbons (Fsp3) is 0.333. The number of carbonyl (C=O) groups is 6.